The predicted octanol–water partition coefficient (Wildman–Crippen LogP) is 2.00. The van der Waals surface area contributed by atoms with E-state index in [0.29, 0.717) is 18.2 Å². The summed E-state index contributed by atoms with van der Waals surface area (Å²) in [4.78, 5) is 24.1. The second-order valence-electron chi connectivity index (χ2n) is 5.04. The first kappa shape index (κ1) is 15.9. The van der Waals surface area contributed by atoms with E-state index in [9.17, 15) is 14.9 Å². The highest BCUT2D eigenvalue weighted by molar-refractivity contribution is 6.00. The van der Waals surface area contributed by atoms with Gasteiger partial charge in [-0.2, -0.15) is 0 Å². The van der Waals surface area contributed by atoms with Gasteiger partial charge in [0.25, 0.3) is 11.6 Å². The van der Waals surface area contributed by atoms with Crippen LogP contribution in [0.1, 0.15) is 30.6 Å². The standard InChI is InChI=1S/C13H20N4O3/c1-9(2)6-7-16(3)13(18)11-8-10(17(19)20)4-5-12(11)15-14/h4-5,8-9,15H,6-7,14H2,1-3H3. The number of hydrogen-bond acceptors (Lipinski definition) is 5. The van der Waals surface area contributed by atoms with Gasteiger partial charge in [-0.25, -0.2) is 0 Å². The Hall–Kier alpha value is -2.15. The van der Waals surface area contributed by atoms with Gasteiger partial charge in [-0.1, -0.05) is 13.8 Å². The van der Waals surface area contributed by atoms with Gasteiger partial charge < -0.3 is 10.3 Å². The Morgan fingerprint density at radius 2 is 2.15 bits per heavy atom. The zero-order valence-corrected chi connectivity index (χ0v) is 11.9. The van der Waals surface area contributed by atoms with Crippen molar-refractivity contribution < 1.29 is 9.72 Å². The molecule has 0 aromatic heterocycles. The molecule has 0 aliphatic carbocycles. The molecular formula is C13H20N4O3. The highest BCUT2D eigenvalue weighted by atomic mass is 16.6. The number of nitrogen functional groups attached to an aromatic ring is 1. The Morgan fingerprint density at radius 1 is 1.50 bits per heavy atom. The van der Waals surface area contributed by atoms with Gasteiger partial charge in [0, 0.05) is 25.7 Å². The summed E-state index contributed by atoms with van der Waals surface area (Å²) in [6, 6.07) is 3.98. The minimum Gasteiger partial charge on any atom is -0.342 e. The lowest BCUT2D eigenvalue weighted by Gasteiger charge is -2.19. The first-order valence-corrected chi connectivity index (χ1v) is 6.37. The Kier molecular flexibility index (Phi) is 5.45. The molecule has 0 bridgehead atoms. The second-order valence-corrected chi connectivity index (χ2v) is 5.04. The number of carbonyl (C=O) groups is 1. The summed E-state index contributed by atoms with van der Waals surface area (Å²) >= 11 is 0. The largest absolute Gasteiger partial charge is 0.342 e. The fourth-order valence-electron chi connectivity index (χ4n) is 1.71. The monoisotopic (exact) mass is 280 g/mol. The van der Waals surface area contributed by atoms with Gasteiger partial charge >= 0.3 is 0 Å². The van der Waals surface area contributed by atoms with Gasteiger partial charge in [-0.15, -0.1) is 0 Å². The van der Waals surface area contributed by atoms with Crippen molar-refractivity contribution >= 4 is 17.3 Å². The molecule has 0 fully saturated rings. The number of amides is 1. The number of anilines is 1. The Bertz CT molecular complexity index is 502. The fourth-order valence-corrected chi connectivity index (χ4v) is 1.71. The number of carbonyl (C=O) groups excluding carboxylic acids is 1. The van der Waals surface area contributed by atoms with Gasteiger partial charge in [0.15, 0.2) is 0 Å². The summed E-state index contributed by atoms with van der Waals surface area (Å²) in [6.07, 6.45) is 0.864. The van der Waals surface area contributed by atoms with Crippen LogP contribution in [0.5, 0.6) is 0 Å². The van der Waals surface area contributed by atoms with Crippen LogP contribution < -0.4 is 11.3 Å². The number of non-ortho nitro benzene ring substituents is 1. The molecule has 110 valence electrons. The molecule has 20 heavy (non-hydrogen) atoms. The summed E-state index contributed by atoms with van der Waals surface area (Å²) < 4.78 is 0. The number of hydrogen-bond donors (Lipinski definition) is 2. The fraction of sp³-hybridized carbons (Fsp3) is 0.462. The first-order valence-electron chi connectivity index (χ1n) is 6.37. The van der Waals surface area contributed by atoms with E-state index < -0.39 is 4.92 Å². The summed E-state index contributed by atoms with van der Waals surface area (Å²) in [5.41, 5.74) is 2.83. The number of nitrogens with zero attached hydrogens (tertiary/aromatic N) is 2. The lowest BCUT2D eigenvalue weighted by molar-refractivity contribution is -0.384. The first-order chi connectivity index (χ1) is 9.36. The molecule has 0 aliphatic rings. The van der Waals surface area contributed by atoms with Crippen LogP contribution in [0.3, 0.4) is 0 Å². The number of nitro benzene ring substituents is 1. The molecule has 0 saturated heterocycles. The van der Waals surface area contributed by atoms with Crippen LogP contribution in [0.25, 0.3) is 0 Å². The third-order valence-electron chi connectivity index (χ3n) is 2.99. The molecule has 0 aliphatic heterocycles. The van der Waals surface area contributed by atoms with Crippen LogP contribution in [0.4, 0.5) is 11.4 Å². The Morgan fingerprint density at radius 3 is 2.65 bits per heavy atom. The van der Waals surface area contributed by atoms with Crippen LogP contribution >= 0.6 is 0 Å². The quantitative estimate of drug-likeness (QED) is 0.471. The highest BCUT2D eigenvalue weighted by Crippen LogP contribution is 2.22. The molecule has 1 aromatic rings. The third-order valence-corrected chi connectivity index (χ3v) is 2.99. The molecule has 3 N–H and O–H groups in total. The van der Waals surface area contributed by atoms with Gasteiger partial charge in [0.1, 0.15) is 0 Å². The summed E-state index contributed by atoms with van der Waals surface area (Å²) in [5, 5.41) is 10.8. The number of hydrazine groups is 1. The number of nitrogens with one attached hydrogen (secondary N) is 1. The van der Waals surface area contributed by atoms with Crippen molar-refractivity contribution in [2.75, 3.05) is 19.0 Å². The normalized spacial score (nSPS) is 10.4. The molecule has 0 radical (unpaired) electrons. The second kappa shape index (κ2) is 6.85. The zero-order valence-electron chi connectivity index (χ0n) is 11.9. The van der Waals surface area contributed by atoms with Gasteiger partial charge in [0.05, 0.1) is 16.2 Å². The molecule has 1 aromatic carbocycles. The van der Waals surface area contributed by atoms with Crippen molar-refractivity contribution in [3.05, 3.63) is 33.9 Å². The van der Waals surface area contributed by atoms with E-state index in [2.05, 4.69) is 19.3 Å². The van der Waals surface area contributed by atoms with Crippen molar-refractivity contribution in [3.8, 4) is 0 Å². The number of rotatable bonds is 6. The van der Waals surface area contributed by atoms with Crippen LogP contribution in [0.15, 0.2) is 18.2 Å². The van der Waals surface area contributed by atoms with Crippen molar-refractivity contribution in [1.29, 1.82) is 0 Å². The molecule has 1 rings (SSSR count). The third kappa shape index (κ3) is 3.92. The maximum absolute atomic E-state index is 12.3. The van der Waals surface area contributed by atoms with Crippen molar-refractivity contribution in [3.63, 3.8) is 0 Å². The van der Waals surface area contributed by atoms with Crippen LogP contribution in [0.2, 0.25) is 0 Å². The van der Waals surface area contributed by atoms with Crippen LogP contribution in [-0.4, -0.2) is 29.3 Å². The van der Waals surface area contributed by atoms with Crippen molar-refractivity contribution in [1.82, 2.24) is 4.90 Å². The lowest BCUT2D eigenvalue weighted by Crippen LogP contribution is -2.29. The average Bonchev–Trinajstić information content (AvgIpc) is 2.42. The van der Waals surface area contributed by atoms with E-state index in [0.717, 1.165) is 6.42 Å². The van der Waals surface area contributed by atoms with Gasteiger partial charge in [0.2, 0.25) is 0 Å². The maximum Gasteiger partial charge on any atom is 0.270 e. The van der Waals surface area contributed by atoms with E-state index in [1.165, 1.54) is 18.2 Å². The maximum atomic E-state index is 12.3. The summed E-state index contributed by atoms with van der Waals surface area (Å²) in [5.74, 6) is 5.53. The molecular weight excluding hydrogens is 260 g/mol. The van der Waals surface area contributed by atoms with E-state index in [1.54, 1.807) is 11.9 Å². The summed E-state index contributed by atoms with van der Waals surface area (Å²) in [6.45, 7) is 4.72. The summed E-state index contributed by atoms with van der Waals surface area (Å²) in [7, 11) is 1.67. The molecule has 1 amide bonds. The lowest BCUT2D eigenvalue weighted by atomic mass is 10.1. The van der Waals surface area contributed by atoms with E-state index >= 15 is 0 Å². The Labute approximate surface area is 117 Å². The number of benzene rings is 1. The zero-order chi connectivity index (χ0) is 15.3. The van der Waals surface area contributed by atoms with Crippen molar-refractivity contribution in [2.24, 2.45) is 11.8 Å². The SMILES string of the molecule is CC(C)CCN(C)C(=O)c1cc([N+](=O)[O-])ccc1NN. The predicted molar refractivity (Wildman–Crippen MR) is 77.3 cm³/mol. The highest BCUT2D eigenvalue weighted by Gasteiger charge is 2.19. The van der Waals surface area contributed by atoms with E-state index in [4.69, 9.17) is 5.84 Å². The number of nitro groups is 1. The molecule has 7 heteroatoms. The molecule has 0 atom stereocenters. The minimum atomic E-state index is -0.537. The van der Waals surface area contributed by atoms with E-state index in [1.807, 2.05) is 0 Å². The smallest absolute Gasteiger partial charge is 0.270 e. The topological polar surface area (TPSA) is 102 Å². The molecule has 7 nitrogen and oxygen atoms in total. The van der Waals surface area contributed by atoms with Crippen LogP contribution in [-0.2, 0) is 0 Å². The molecule has 0 unspecified atom stereocenters. The molecule has 0 spiro atoms. The Balaban J connectivity index is 3.00. The molecule has 0 saturated carbocycles. The van der Waals surface area contributed by atoms with Gasteiger partial charge in [-0.05, 0) is 18.4 Å². The number of nitrogens with two attached hydrogens (primary N) is 1. The van der Waals surface area contributed by atoms with Crippen molar-refractivity contribution in [2.45, 2.75) is 20.3 Å². The molecule has 0 heterocycles. The minimum absolute atomic E-state index is 0.135. The van der Waals surface area contributed by atoms with Gasteiger partial charge in [-0.3, -0.25) is 20.8 Å². The van der Waals surface area contributed by atoms with E-state index in [-0.39, 0.29) is 17.2 Å². The van der Waals surface area contributed by atoms with Crippen LogP contribution in [0, 0.1) is 16.0 Å². The average molecular weight is 280 g/mol.